The van der Waals surface area contributed by atoms with Crippen LogP contribution in [0.5, 0.6) is 5.75 Å². The fourth-order valence-electron chi connectivity index (χ4n) is 3.14. The van der Waals surface area contributed by atoms with Gasteiger partial charge in [-0.15, -0.1) is 0 Å². The molecule has 0 atom stereocenters. The molecule has 2 amide bonds. The number of aromatic hydroxyl groups is 1. The Hall–Kier alpha value is -4.45. The van der Waals surface area contributed by atoms with Gasteiger partial charge in [-0.3, -0.25) is 9.59 Å². The molecule has 0 unspecified atom stereocenters. The van der Waals surface area contributed by atoms with Crippen LogP contribution in [-0.4, -0.2) is 23.1 Å². The van der Waals surface area contributed by atoms with Crippen LogP contribution in [0.2, 0.25) is 0 Å². The molecule has 31 heavy (non-hydrogen) atoms. The molecular formula is C25H19N3O3. The third-order valence-corrected chi connectivity index (χ3v) is 4.75. The summed E-state index contributed by atoms with van der Waals surface area (Å²) in [5, 5.41) is 18.7. The van der Waals surface area contributed by atoms with Gasteiger partial charge in [0.05, 0.1) is 6.21 Å². The Labute approximate surface area is 178 Å². The highest BCUT2D eigenvalue weighted by Gasteiger charge is 2.08. The van der Waals surface area contributed by atoms with Crippen molar-refractivity contribution in [2.24, 2.45) is 5.10 Å². The monoisotopic (exact) mass is 409 g/mol. The molecule has 0 fully saturated rings. The number of hydrogen-bond acceptors (Lipinski definition) is 4. The number of rotatable bonds is 5. The quantitative estimate of drug-likeness (QED) is 0.333. The van der Waals surface area contributed by atoms with E-state index in [4.69, 9.17) is 0 Å². The molecule has 0 spiro atoms. The Morgan fingerprint density at radius 2 is 1.42 bits per heavy atom. The summed E-state index contributed by atoms with van der Waals surface area (Å²) in [7, 11) is 0. The summed E-state index contributed by atoms with van der Waals surface area (Å²) < 4.78 is 0. The standard InChI is InChI=1S/C25H19N3O3/c29-23-15-12-17-6-4-5-9-21(17)22(23)16-26-28-25(31)19-10-13-20(14-11-19)27-24(30)18-7-2-1-3-8-18/h1-16,29H,(H,27,30)(H,28,31). The normalized spacial score (nSPS) is 10.8. The summed E-state index contributed by atoms with van der Waals surface area (Å²) in [6, 6.07) is 26.4. The minimum atomic E-state index is -0.406. The number of hydrazone groups is 1. The van der Waals surface area contributed by atoms with Gasteiger partial charge >= 0.3 is 0 Å². The molecule has 0 bridgehead atoms. The van der Waals surface area contributed by atoms with Crippen molar-refractivity contribution in [3.8, 4) is 5.75 Å². The van der Waals surface area contributed by atoms with Gasteiger partial charge in [-0.05, 0) is 53.2 Å². The van der Waals surface area contributed by atoms with Crippen molar-refractivity contribution in [1.29, 1.82) is 0 Å². The summed E-state index contributed by atoms with van der Waals surface area (Å²) in [6.07, 6.45) is 1.42. The van der Waals surface area contributed by atoms with E-state index in [0.717, 1.165) is 10.8 Å². The summed E-state index contributed by atoms with van der Waals surface area (Å²) in [5.74, 6) is -0.551. The Morgan fingerprint density at radius 3 is 2.19 bits per heavy atom. The lowest BCUT2D eigenvalue weighted by Crippen LogP contribution is -2.18. The zero-order valence-electron chi connectivity index (χ0n) is 16.4. The third-order valence-electron chi connectivity index (χ3n) is 4.75. The van der Waals surface area contributed by atoms with Crippen LogP contribution in [0.25, 0.3) is 10.8 Å². The molecule has 0 aliphatic heterocycles. The van der Waals surface area contributed by atoms with Crippen LogP contribution in [0.4, 0.5) is 5.69 Å². The molecule has 4 aromatic rings. The lowest BCUT2D eigenvalue weighted by molar-refractivity contribution is 0.0954. The Bertz CT molecular complexity index is 1270. The largest absolute Gasteiger partial charge is 0.507 e. The third kappa shape index (κ3) is 4.59. The maximum Gasteiger partial charge on any atom is 0.271 e. The number of phenolic OH excluding ortho intramolecular Hbond substituents is 1. The van der Waals surface area contributed by atoms with E-state index in [1.165, 1.54) is 6.21 Å². The number of anilines is 1. The second kappa shape index (κ2) is 8.92. The minimum Gasteiger partial charge on any atom is -0.507 e. The van der Waals surface area contributed by atoms with Gasteiger partial charge in [0.15, 0.2) is 0 Å². The molecule has 0 radical (unpaired) electrons. The smallest absolute Gasteiger partial charge is 0.271 e. The van der Waals surface area contributed by atoms with Gasteiger partial charge in [0.25, 0.3) is 11.8 Å². The molecule has 0 aliphatic carbocycles. The summed E-state index contributed by atoms with van der Waals surface area (Å²) in [6.45, 7) is 0. The molecule has 3 N–H and O–H groups in total. The van der Waals surface area contributed by atoms with Gasteiger partial charge in [0.2, 0.25) is 0 Å². The molecule has 152 valence electrons. The highest BCUT2D eigenvalue weighted by Crippen LogP contribution is 2.25. The van der Waals surface area contributed by atoms with Crippen molar-refractivity contribution in [3.05, 3.63) is 108 Å². The summed E-state index contributed by atoms with van der Waals surface area (Å²) >= 11 is 0. The van der Waals surface area contributed by atoms with Gasteiger partial charge in [0, 0.05) is 22.4 Å². The first-order valence-electron chi connectivity index (χ1n) is 9.62. The van der Waals surface area contributed by atoms with Crippen LogP contribution in [0, 0.1) is 0 Å². The first-order valence-corrected chi connectivity index (χ1v) is 9.62. The zero-order chi connectivity index (χ0) is 21.6. The topological polar surface area (TPSA) is 90.8 Å². The van der Waals surface area contributed by atoms with Gasteiger partial charge in [0.1, 0.15) is 5.75 Å². The maximum atomic E-state index is 12.4. The van der Waals surface area contributed by atoms with Gasteiger partial charge in [-0.25, -0.2) is 5.43 Å². The molecule has 0 aliphatic rings. The highest BCUT2D eigenvalue weighted by atomic mass is 16.3. The maximum absolute atomic E-state index is 12.4. The van der Waals surface area contributed by atoms with Crippen molar-refractivity contribution >= 4 is 34.5 Å². The molecule has 6 heteroatoms. The molecule has 6 nitrogen and oxygen atoms in total. The van der Waals surface area contributed by atoms with Gasteiger partial charge < -0.3 is 10.4 Å². The van der Waals surface area contributed by atoms with E-state index in [-0.39, 0.29) is 11.7 Å². The van der Waals surface area contributed by atoms with E-state index >= 15 is 0 Å². The molecule has 4 aromatic carbocycles. The van der Waals surface area contributed by atoms with Crippen molar-refractivity contribution in [2.75, 3.05) is 5.32 Å². The predicted molar refractivity (Wildman–Crippen MR) is 122 cm³/mol. The van der Waals surface area contributed by atoms with Crippen LogP contribution in [0.15, 0.2) is 96.1 Å². The van der Waals surface area contributed by atoms with Gasteiger partial charge in [-0.2, -0.15) is 5.10 Å². The van der Waals surface area contributed by atoms with E-state index in [1.807, 2.05) is 36.4 Å². The van der Waals surface area contributed by atoms with E-state index in [1.54, 1.807) is 54.6 Å². The van der Waals surface area contributed by atoms with E-state index in [9.17, 15) is 14.7 Å². The zero-order valence-corrected chi connectivity index (χ0v) is 16.4. The van der Waals surface area contributed by atoms with Crippen molar-refractivity contribution < 1.29 is 14.7 Å². The number of carbonyl (C=O) groups is 2. The van der Waals surface area contributed by atoms with Crippen molar-refractivity contribution in [1.82, 2.24) is 5.43 Å². The van der Waals surface area contributed by atoms with Crippen LogP contribution in [0.3, 0.4) is 0 Å². The minimum absolute atomic E-state index is 0.0789. The first kappa shape index (κ1) is 19.8. The van der Waals surface area contributed by atoms with Crippen molar-refractivity contribution in [3.63, 3.8) is 0 Å². The van der Waals surface area contributed by atoms with E-state index < -0.39 is 5.91 Å². The van der Waals surface area contributed by atoms with Crippen molar-refractivity contribution in [2.45, 2.75) is 0 Å². The number of fused-ring (bicyclic) bond motifs is 1. The second-order valence-electron chi connectivity index (χ2n) is 6.82. The second-order valence-corrected chi connectivity index (χ2v) is 6.82. The number of carbonyl (C=O) groups excluding carboxylic acids is 2. The summed E-state index contributed by atoms with van der Waals surface area (Å²) in [5.41, 5.74) is 4.50. The number of nitrogens with zero attached hydrogens (tertiary/aromatic N) is 1. The average molecular weight is 409 g/mol. The van der Waals surface area contributed by atoms with Crippen LogP contribution < -0.4 is 10.7 Å². The van der Waals surface area contributed by atoms with Gasteiger partial charge in [-0.1, -0.05) is 48.5 Å². The lowest BCUT2D eigenvalue weighted by Gasteiger charge is -2.07. The number of phenols is 1. The summed E-state index contributed by atoms with van der Waals surface area (Å²) in [4.78, 5) is 24.6. The van der Waals surface area contributed by atoms with Crippen LogP contribution in [-0.2, 0) is 0 Å². The van der Waals surface area contributed by atoms with E-state index in [0.29, 0.717) is 22.4 Å². The number of hydrogen-bond donors (Lipinski definition) is 3. The molecule has 4 rings (SSSR count). The fourth-order valence-corrected chi connectivity index (χ4v) is 3.14. The molecular weight excluding hydrogens is 390 g/mol. The van der Waals surface area contributed by atoms with Crippen LogP contribution >= 0.6 is 0 Å². The first-order chi connectivity index (χ1) is 15.1. The lowest BCUT2D eigenvalue weighted by atomic mass is 10.0. The highest BCUT2D eigenvalue weighted by molar-refractivity contribution is 6.05. The number of nitrogens with one attached hydrogen (secondary N) is 2. The number of amides is 2. The Balaban J connectivity index is 1.42. The molecule has 0 aromatic heterocycles. The Kier molecular flexibility index (Phi) is 5.71. The molecule has 0 saturated carbocycles. The van der Waals surface area contributed by atoms with Crippen LogP contribution in [0.1, 0.15) is 26.3 Å². The molecule has 0 heterocycles. The Morgan fingerprint density at radius 1 is 0.742 bits per heavy atom. The fraction of sp³-hybridized carbons (Fsp3) is 0. The average Bonchev–Trinajstić information content (AvgIpc) is 2.81. The van der Waals surface area contributed by atoms with E-state index in [2.05, 4.69) is 15.8 Å². The number of benzene rings is 4. The molecule has 0 saturated heterocycles. The predicted octanol–water partition coefficient (Wildman–Crippen LogP) is 4.56. The SMILES string of the molecule is O=C(NN=Cc1c(O)ccc2ccccc12)c1ccc(NC(=O)c2ccccc2)cc1.